The van der Waals surface area contributed by atoms with Gasteiger partial charge in [0.2, 0.25) is 26.0 Å². The van der Waals surface area contributed by atoms with Crippen molar-refractivity contribution in [3.63, 3.8) is 0 Å². The molecule has 1 atom stereocenters. The summed E-state index contributed by atoms with van der Waals surface area (Å²) in [5, 5.41) is 0. The molecule has 2 saturated heterocycles. The van der Waals surface area contributed by atoms with E-state index in [0.717, 1.165) is 4.31 Å². The second-order valence-corrected chi connectivity index (χ2v) is 10.7. The summed E-state index contributed by atoms with van der Waals surface area (Å²) in [5.41, 5.74) is 0.116. The van der Waals surface area contributed by atoms with Gasteiger partial charge in [-0.3, -0.25) is 4.79 Å². The molecule has 0 spiro atoms. The fourth-order valence-electron chi connectivity index (χ4n) is 3.32. The summed E-state index contributed by atoms with van der Waals surface area (Å²) in [6, 6.07) is 5.20. The number of piperazine rings is 1. The van der Waals surface area contributed by atoms with Crippen LogP contribution in [0.3, 0.4) is 0 Å². The van der Waals surface area contributed by atoms with Gasteiger partial charge < -0.3 is 9.64 Å². The lowest BCUT2D eigenvalue weighted by atomic mass is 10.2. The molecule has 0 bridgehead atoms. The van der Waals surface area contributed by atoms with Crippen LogP contribution in [0.4, 0.5) is 10.5 Å². The molecule has 0 N–H and O–H groups in total. The maximum absolute atomic E-state index is 12.9. The Morgan fingerprint density at radius 1 is 1.14 bits per heavy atom. The minimum Gasteiger partial charge on any atom is -0.450 e. The van der Waals surface area contributed by atoms with Crippen molar-refractivity contribution < 1.29 is 31.2 Å². The molecule has 12 heteroatoms. The van der Waals surface area contributed by atoms with Crippen molar-refractivity contribution >= 4 is 37.7 Å². The zero-order valence-electron chi connectivity index (χ0n) is 16.1. The highest BCUT2D eigenvalue weighted by Crippen LogP contribution is 2.29. The monoisotopic (exact) mass is 445 g/mol. The zero-order chi connectivity index (χ0) is 21.4. The van der Waals surface area contributed by atoms with Crippen LogP contribution in [0.5, 0.6) is 0 Å². The first-order valence-corrected chi connectivity index (χ1v) is 12.2. The predicted octanol–water partition coefficient (Wildman–Crippen LogP) is 0.462. The molecule has 2 fully saturated rings. The molecule has 10 nitrogen and oxygen atoms in total. The summed E-state index contributed by atoms with van der Waals surface area (Å²) in [6.07, 6.45) is -0.473. The number of anilines is 1. The third kappa shape index (κ3) is 4.09. The molecule has 2 amide bonds. The van der Waals surface area contributed by atoms with Crippen molar-refractivity contribution in [2.75, 3.05) is 42.8 Å². The first kappa shape index (κ1) is 21.5. The number of carbonyl (C=O) groups is 2. The van der Waals surface area contributed by atoms with E-state index in [0.29, 0.717) is 0 Å². The molecule has 0 radical (unpaired) electrons. The van der Waals surface area contributed by atoms with Crippen LogP contribution in [0.1, 0.15) is 13.8 Å². The predicted molar refractivity (Wildman–Crippen MR) is 104 cm³/mol. The van der Waals surface area contributed by atoms with Gasteiger partial charge in [0.05, 0.1) is 28.9 Å². The minimum absolute atomic E-state index is 0.0112. The van der Waals surface area contributed by atoms with Crippen LogP contribution in [-0.4, -0.2) is 76.6 Å². The molecule has 1 unspecified atom stereocenters. The molecule has 0 aliphatic carbocycles. The van der Waals surface area contributed by atoms with Crippen molar-refractivity contribution in [1.29, 1.82) is 0 Å². The highest BCUT2D eigenvalue weighted by molar-refractivity contribution is 7.94. The summed E-state index contributed by atoms with van der Waals surface area (Å²) in [7, 11) is -7.57. The smallest absolute Gasteiger partial charge is 0.409 e. The summed E-state index contributed by atoms with van der Waals surface area (Å²) in [6.45, 7) is 4.16. The molecule has 0 aromatic heterocycles. The second kappa shape index (κ2) is 7.92. The average Bonchev–Trinajstić information content (AvgIpc) is 2.89. The zero-order valence-corrected chi connectivity index (χ0v) is 17.8. The fraction of sp³-hybridized carbons (Fsp3) is 0.529. The number of nitrogens with zero attached hydrogens (tertiary/aromatic N) is 3. The maximum Gasteiger partial charge on any atom is 0.409 e. The summed E-state index contributed by atoms with van der Waals surface area (Å²) >= 11 is 0. The normalized spacial score (nSPS) is 22.7. The number of hydrogen-bond donors (Lipinski definition) is 0. The SMILES string of the molecule is CCOC(=O)N1CCN(S(=O)(=O)c2ccc(N3C(=O)C(C)CS3(=O)=O)cc2)CC1. The van der Waals surface area contributed by atoms with E-state index in [4.69, 9.17) is 4.74 Å². The Kier molecular flexibility index (Phi) is 5.88. The molecule has 2 heterocycles. The number of carbonyl (C=O) groups excluding carboxylic acids is 2. The second-order valence-electron chi connectivity index (χ2n) is 6.87. The van der Waals surface area contributed by atoms with Crippen LogP contribution in [0.15, 0.2) is 29.2 Å². The van der Waals surface area contributed by atoms with Crippen LogP contribution in [0.2, 0.25) is 0 Å². The van der Waals surface area contributed by atoms with Gasteiger partial charge in [0.15, 0.2) is 0 Å². The summed E-state index contributed by atoms with van der Waals surface area (Å²) < 4.78 is 57.0. The number of rotatable bonds is 4. The van der Waals surface area contributed by atoms with Gasteiger partial charge >= 0.3 is 6.09 Å². The Balaban J connectivity index is 1.75. The third-order valence-electron chi connectivity index (χ3n) is 4.83. The van der Waals surface area contributed by atoms with Crippen LogP contribution >= 0.6 is 0 Å². The van der Waals surface area contributed by atoms with Crippen LogP contribution < -0.4 is 4.31 Å². The molecule has 2 aliphatic rings. The Labute approximate surface area is 170 Å². The van der Waals surface area contributed by atoms with Crippen LogP contribution in [0.25, 0.3) is 0 Å². The molecule has 2 aliphatic heterocycles. The van der Waals surface area contributed by atoms with E-state index >= 15 is 0 Å². The lowest BCUT2D eigenvalue weighted by Crippen LogP contribution is -2.50. The van der Waals surface area contributed by atoms with Gasteiger partial charge in [-0.25, -0.2) is 25.9 Å². The Bertz CT molecular complexity index is 998. The Morgan fingerprint density at radius 2 is 1.72 bits per heavy atom. The molecule has 1 aromatic rings. The average molecular weight is 446 g/mol. The molecule has 3 rings (SSSR count). The number of amides is 2. The molecule has 160 valence electrons. The molecule has 1 aromatic carbocycles. The number of hydrogen-bond acceptors (Lipinski definition) is 7. The number of ether oxygens (including phenoxy) is 1. The van der Waals surface area contributed by atoms with Crippen LogP contribution in [-0.2, 0) is 29.6 Å². The van der Waals surface area contributed by atoms with Crippen LogP contribution in [0, 0.1) is 5.92 Å². The molecule has 29 heavy (non-hydrogen) atoms. The Hall–Kier alpha value is -2.18. The van der Waals surface area contributed by atoms with Gasteiger partial charge in [0, 0.05) is 26.2 Å². The minimum atomic E-state index is -3.82. The fourth-order valence-corrected chi connectivity index (χ4v) is 6.56. The van der Waals surface area contributed by atoms with Gasteiger partial charge in [-0.05, 0) is 31.2 Å². The highest BCUT2D eigenvalue weighted by atomic mass is 32.2. The quantitative estimate of drug-likeness (QED) is 0.660. The molecular formula is C17H23N3O7S2. The first-order chi connectivity index (χ1) is 13.6. The van der Waals surface area contributed by atoms with E-state index < -0.39 is 38.0 Å². The maximum atomic E-state index is 12.9. The number of benzene rings is 1. The number of sulfonamides is 2. The van der Waals surface area contributed by atoms with Crippen molar-refractivity contribution in [2.45, 2.75) is 18.7 Å². The first-order valence-electron chi connectivity index (χ1n) is 9.16. The molecule has 0 saturated carbocycles. The van der Waals surface area contributed by atoms with E-state index in [9.17, 15) is 26.4 Å². The molecular weight excluding hydrogens is 422 g/mol. The van der Waals surface area contributed by atoms with E-state index in [1.165, 1.54) is 40.4 Å². The lowest BCUT2D eigenvalue weighted by molar-refractivity contribution is -0.119. The van der Waals surface area contributed by atoms with Gasteiger partial charge in [-0.2, -0.15) is 4.31 Å². The summed E-state index contributed by atoms with van der Waals surface area (Å²) in [4.78, 5) is 25.3. The van der Waals surface area contributed by atoms with E-state index in [2.05, 4.69) is 0 Å². The van der Waals surface area contributed by atoms with E-state index in [1.807, 2.05) is 0 Å². The van der Waals surface area contributed by atoms with Crippen molar-refractivity contribution in [1.82, 2.24) is 9.21 Å². The lowest BCUT2D eigenvalue weighted by Gasteiger charge is -2.33. The van der Waals surface area contributed by atoms with Gasteiger partial charge in [0.25, 0.3) is 0 Å². The van der Waals surface area contributed by atoms with E-state index in [-0.39, 0.29) is 49.1 Å². The largest absolute Gasteiger partial charge is 0.450 e. The Morgan fingerprint density at radius 3 is 2.21 bits per heavy atom. The van der Waals surface area contributed by atoms with Gasteiger partial charge in [-0.15, -0.1) is 0 Å². The topological polar surface area (TPSA) is 121 Å². The third-order valence-corrected chi connectivity index (χ3v) is 8.62. The van der Waals surface area contributed by atoms with Crippen molar-refractivity contribution in [3.8, 4) is 0 Å². The van der Waals surface area contributed by atoms with E-state index in [1.54, 1.807) is 6.92 Å². The van der Waals surface area contributed by atoms with Gasteiger partial charge in [-0.1, -0.05) is 6.92 Å². The summed E-state index contributed by atoms with van der Waals surface area (Å²) in [5.74, 6) is -1.44. The van der Waals surface area contributed by atoms with Gasteiger partial charge in [0.1, 0.15) is 0 Å². The van der Waals surface area contributed by atoms with Crippen molar-refractivity contribution in [3.05, 3.63) is 24.3 Å². The standard InChI is InChI=1S/C17H23N3O7S2/c1-3-27-17(22)18-8-10-19(11-9-18)29(25,26)15-6-4-14(5-7-15)20-16(21)13(2)12-28(20,23)24/h4-7,13H,3,8-12H2,1-2H3. The highest BCUT2D eigenvalue weighted by Gasteiger charge is 2.42. The van der Waals surface area contributed by atoms with Crippen molar-refractivity contribution in [2.24, 2.45) is 5.92 Å².